The molecule has 1 atom stereocenters. The van der Waals surface area contributed by atoms with Gasteiger partial charge in [-0.1, -0.05) is 13.8 Å². The summed E-state index contributed by atoms with van der Waals surface area (Å²) in [6.45, 7) is 8.73. The van der Waals surface area contributed by atoms with Gasteiger partial charge in [-0.15, -0.1) is 11.3 Å². The van der Waals surface area contributed by atoms with Crippen LogP contribution in [0.2, 0.25) is 0 Å². The molecule has 0 aliphatic carbocycles. The van der Waals surface area contributed by atoms with Crippen LogP contribution in [0.4, 0.5) is 10.3 Å². The van der Waals surface area contributed by atoms with Crippen molar-refractivity contribution in [2.45, 2.75) is 40.2 Å². The van der Waals surface area contributed by atoms with E-state index < -0.39 is 5.82 Å². The zero-order valence-electron chi connectivity index (χ0n) is 18.6. The summed E-state index contributed by atoms with van der Waals surface area (Å²) >= 11 is 1.49. The van der Waals surface area contributed by atoms with Crippen molar-refractivity contribution >= 4 is 39.2 Å². The van der Waals surface area contributed by atoms with Crippen LogP contribution in [-0.4, -0.2) is 44.6 Å². The maximum absolute atomic E-state index is 13.5. The minimum absolute atomic E-state index is 0.0132. The Labute approximate surface area is 190 Å². The van der Waals surface area contributed by atoms with Crippen molar-refractivity contribution in [1.82, 2.24) is 19.9 Å². The fraction of sp³-hybridized carbons (Fsp3) is 0.435. The number of Topliss-reactive ketones (excluding diaryl/α,β-unsaturated/α-hetero) is 1. The number of thiophene rings is 1. The fourth-order valence-corrected chi connectivity index (χ4v) is 4.67. The molecular formula is C23H26FN5O2S. The van der Waals surface area contributed by atoms with Crippen molar-refractivity contribution in [2.75, 3.05) is 18.4 Å². The number of carbonyl (C=O) groups is 2. The smallest absolute Gasteiger partial charge is 0.274 e. The quantitative estimate of drug-likeness (QED) is 0.568. The maximum atomic E-state index is 13.5. The topological polar surface area (TPSA) is 88.1 Å². The van der Waals surface area contributed by atoms with Crippen molar-refractivity contribution in [3.8, 4) is 0 Å². The second kappa shape index (κ2) is 8.90. The summed E-state index contributed by atoms with van der Waals surface area (Å²) < 4.78 is 14.3. The van der Waals surface area contributed by atoms with Crippen molar-refractivity contribution in [3.63, 3.8) is 0 Å². The second-order valence-corrected chi connectivity index (χ2v) is 9.93. The number of nitrogens with one attached hydrogen (secondary N) is 1. The monoisotopic (exact) mass is 455 g/mol. The summed E-state index contributed by atoms with van der Waals surface area (Å²) in [6.07, 6.45) is 3.24. The van der Waals surface area contributed by atoms with Crippen molar-refractivity contribution in [2.24, 2.45) is 11.8 Å². The third-order valence-electron chi connectivity index (χ3n) is 5.65. The molecule has 0 aromatic carbocycles. The number of hydrogen-bond acceptors (Lipinski definition) is 7. The molecule has 1 saturated heterocycles. The van der Waals surface area contributed by atoms with Gasteiger partial charge in [-0.2, -0.15) is 0 Å². The number of ketones is 1. The van der Waals surface area contributed by atoms with Gasteiger partial charge in [0.2, 0.25) is 5.95 Å². The van der Waals surface area contributed by atoms with E-state index in [1.165, 1.54) is 17.4 Å². The number of pyridine rings is 1. The van der Waals surface area contributed by atoms with E-state index in [1.54, 1.807) is 11.1 Å². The standard InChI is InChI=1S/C23H26FN5O2S/c1-12(2)19(30)6-15-10-29(11-15)22(31)20-21-18(5-13(3)32-21)27-23(28-20)26-14(4)16-7-17(24)9-25-8-16/h5,7-9,12,14-15H,6,10-11H2,1-4H3,(H,26,27,28)/t14-/m0/s1. The molecule has 7 nitrogen and oxygen atoms in total. The minimum atomic E-state index is -0.417. The van der Waals surface area contributed by atoms with Crippen LogP contribution in [0, 0.1) is 24.6 Å². The van der Waals surface area contributed by atoms with Crippen LogP contribution in [0.1, 0.15) is 54.2 Å². The average Bonchev–Trinajstić information content (AvgIpc) is 3.09. The highest BCUT2D eigenvalue weighted by atomic mass is 32.1. The molecule has 1 amide bonds. The first-order valence-corrected chi connectivity index (χ1v) is 11.5. The molecule has 3 aromatic rings. The number of rotatable bonds is 7. The highest BCUT2D eigenvalue weighted by molar-refractivity contribution is 7.19. The molecule has 9 heteroatoms. The number of carbonyl (C=O) groups excluding carboxylic acids is 2. The first-order valence-electron chi connectivity index (χ1n) is 10.7. The van der Waals surface area contributed by atoms with Crippen LogP contribution < -0.4 is 5.32 Å². The highest BCUT2D eigenvalue weighted by Gasteiger charge is 2.34. The largest absolute Gasteiger partial charge is 0.348 e. The minimum Gasteiger partial charge on any atom is -0.348 e. The van der Waals surface area contributed by atoms with Gasteiger partial charge in [0, 0.05) is 42.4 Å². The van der Waals surface area contributed by atoms with E-state index in [4.69, 9.17) is 0 Å². The van der Waals surface area contributed by atoms with Crippen molar-refractivity contribution in [3.05, 3.63) is 46.5 Å². The van der Waals surface area contributed by atoms with Crippen molar-refractivity contribution < 1.29 is 14.0 Å². The number of halogens is 1. The molecule has 0 saturated carbocycles. The molecule has 4 rings (SSSR count). The van der Waals surface area contributed by atoms with Gasteiger partial charge in [0.1, 0.15) is 11.6 Å². The molecule has 0 bridgehead atoms. The molecule has 1 N–H and O–H groups in total. The van der Waals surface area contributed by atoms with Crippen LogP contribution >= 0.6 is 11.3 Å². The molecule has 1 aliphatic heterocycles. The Balaban J connectivity index is 1.55. The zero-order valence-corrected chi connectivity index (χ0v) is 19.4. The molecule has 0 unspecified atom stereocenters. The van der Waals surface area contributed by atoms with Gasteiger partial charge in [0.15, 0.2) is 5.69 Å². The summed E-state index contributed by atoms with van der Waals surface area (Å²) in [4.78, 5) is 41.0. The zero-order chi connectivity index (χ0) is 23.0. The number of likely N-dealkylation sites (tertiary alicyclic amines) is 1. The molecule has 4 heterocycles. The van der Waals surface area contributed by atoms with Gasteiger partial charge in [-0.3, -0.25) is 14.6 Å². The Bertz CT molecular complexity index is 1170. The predicted octanol–water partition coefficient (Wildman–Crippen LogP) is 4.39. The molecule has 1 aliphatic rings. The number of amides is 1. The lowest BCUT2D eigenvalue weighted by molar-refractivity contribution is -0.123. The van der Waals surface area contributed by atoms with Gasteiger partial charge in [0.05, 0.1) is 22.5 Å². The lowest BCUT2D eigenvalue weighted by Crippen LogP contribution is -2.51. The normalized spacial score (nSPS) is 15.1. The van der Waals surface area contributed by atoms with Crippen LogP contribution in [0.5, 0.6) is 0 Å². The van der Waals surface area contributed by atoms with Gasteiger partial charge in [0.25, 0.3) is 5.91 Å². The molecular weight excluding hydrogens is 429 g/mol. The number of anilines is 1. The van der Waals surface area contributed by atoms with E-state index >= 15 is 0 Å². The Kier molecular flexibility index (Phi) is 6.19. The summed E-state index contributed by atoms with van der Waals surface area (Å²) in [7, 11) is 0. The van der Waals surface area contributed by atoms with Crippen LogP contribution in [-0.2, 0) is 4.79 Å². The number of aryl methyl sites for hydroxylation is 1. The Morgan fingerprint density at radius 3 is 2.66 bits per heavy atom. The SMILES string of the molecule is Cc1cc2nc(N[C@@H](C)c3cncc(F)c3)nc(C(=O)N3CC(CC(=O)C(C)C)C3)c2s1. The Morgan fingerprint density at radius 1 is 1.22 bits per heavy atom. The predicted molar refractivity (Wildman–Crippen MR) is 122 cm³/mol. The number of fused-ring (bicyclic) bond motifs is 1. The molecule has 3 aromatic heterocycles. The van der Waals surface area contributed by atoms with Gasteiger partial charge >= 0.3 is 0 Å². The Hall–Kier alpha value is -2.94. The van der Waals surface area contributed by atoms with E-state index in [-0.39, 0.29) is 29.6 Å². The second-order valence-electron chi connectivity index (χ2n) is 8.67. The van der Waals surface area contributed by atoms with Gasteiger partial charge < -0.3 is 10.2 Å². The first-order chi connectivity index (χ1) is 15.2. The Morgan fingerprint density at radius 2 is 1.97 bits per heavy atom. The maximum Gasteiger partial charge on any atom is 0.274 e. The lowest BCUT2D eigenvalue weighted by Gasteiger charge is -2.39. The van der Waals surface area contributed by atoms with Crippen LogP contribution in [0.3, 0.4) is 0 Å². The number of aromatic nitrogens is 3. The van der Waals surface area contributed by atoms with Gasteiger partial charge in [-0.05, 0) is 31.5 Å². The number of nitrogens with zero attached hydrogens (tertiary/aromatic N) is 4. The number of hydrogen-bond donors (Lipinski definition) is 1. The summed E-state index contributed by atoms with van der Waals surface area (Å²) in [5.74, 6) is 0.180. The van der Waals surface area contributed by atoms with E-state index in [0.717, 1.165) is 15.8 Å². The summed E-state index contributed by atoms with van der Waals surface area (Å²) in [5, 5.41) is 3.16. The lowest BCUT2D eigenvalue weighted by atomic mass is 9.90. The van der Waals surface area contributed by atoms with E-state index in [1.807, 2.05) is 33.8 Å². The van der Waals surface area contributed by atoms with E-state index in [0.29, 0.717) is 42.2 Å². The molecule has 0 radical (unpaired) electrons. The fourth-order valence-electron chi connectivity index (χ4n) is 3.74. The third kappa shape index (κ3) is 4.62. The highest BCUT2D eigenvalue weighted by Crippen LogP contribution is 2.31. The molecule has 168 valence electrons. The van der Waals surface area contributed by atoms with Crippen LogP contribution in [0.25, 0.3) is 10.2 Å². The van der Waals surface area contributed by atoms with Gasteiger partial charge in [-0.25, -0.2) is 14.4 Å². The summed E-state index contributed by atoms with van der Waals surface area (Å²) in [5.41, 5.74) is 1.71. The van der Waals surface area contributed by atoms with Crippen LogP contribution in [0.15, 0.2) is 24.5 Å². The van der Waals surface area contributed by atoms with Crippen molar-refractivity contribution in [1.29, 1.82) is 0 Å². The third-order valence-corrected chi connectivity index (χ3v) is 6.69. The van der Waals surface area contributed by atoms with E-state index in [2.05, 4.69) is 20.3 Å². The first kappa shape index (κ1) is 22.3. The molecule has 32 heavy (non-hydrogen) atoms. The summed E-state index contributed by atoms with van der Waals surface area (Å²) in [6, 6.07) is 3.04. The average molecular weight is 456 g/mol. The van der Waals surface area contributed by atoms with E-state index in [9.17, 15) is 14.0 Å². The molecule has 1 fully saturated rings. The molecule has 0 spiro atoms.